The number of anilines is 1. The first-order valence-corrected chi connectivity index (χ1v) is 13.7. The van der Waals surface area contributed by atoms with Crippen LogP contribution in [-0.2, 0) is 16.6 Å². The van der Waals surface area contributed by atoms with Gasteiger partial charge in [-0.2, -0.15) is 0 Å². The number of hydrogen-bond donors (Lipinski definition) is 4. The number of nitrogens with two attached hydrogens (primary N) is 1. The van der Waals surface area contributed by atoms with Crippen molar-refractivity contribution >= 4 is 28.0 Å². The summed E-state index contributed by atoms with van der Waals surface area (Å²) < 4.78 is 7.74. The minimum atomic E-state index is -1.10. The molecule has 2 aliphatic rings. The van der Waals surface area contributed by atoms with Crippen molar-refractivity contribution in [2.75, 3.05) is 19.3 Å². The molecule has 0 bridgehead atoms. The number of aliphatic hydroxyl groups is 2. The summed E-state index contributed by atoms with van der Waals surface area (Å²) in [6.07, 6.45) is 3.65. The highest BCUT2D eigenvalue weighted by Gasteiger charge is 2.45. The molecule has 4 aromatic rings. The molecular formula is C28H38N8O3. The van der Waals surface area contributed by atoms with Gasteiger partial charge >= 0.3 is 0 Å². The summed E-state index contributed by atoms with van der Waals surface area (Å²) >= 11 is 0. The number of nitrogens with one attached hydrogen (secondary N) is 1. The van der Waals surface area contributed by atoms with Crippen LogP contribution in [0.25, 0.3) is 22.2 Å². The molecule has 0 amide bonds. The number of aromatic amines is 1. The Labute approximate surface area is 227 Å². The topological polar surface area (TPSA) is 151 Å². The summed E-state index contributed by atoms with van der Waals surface area (Å²) in [6.45, 7) is 7.20. The SMILES string of the molecule is CN(C[C@H]1O[C@@H](n2cnc3c(N)ncnc32)[C@@H](O)[C@H]1O)C1CC(CCc2nc3ccc(C(C)(C)C)cc3[nH]2)C1. The number of imidazole rings is 2. The van der Waals surface area contributed by atoms with Crippen molar-refractivity contribution in [1.29, 1.82) is 0 Å². The van der Waals surface area contributed by atoms with Crippen LogP contribution in [0.5, 0.6) is 0 Å². The minimum absolute atomic E-state index is 0.113. The zero-order valence-corrected chi connectivity index (χ0v) is 22.9. The Balaban J connectivity index is 1.01. The standard InChI is InChI=1S/C28H38N8O3/c1-28(2,3)16-6-7-18-19(11-16)34-21(33-18)8-5-15-9-17(10-15)35(4)12-20-23(37)24(38)27(39-20)36-14-32-22-25(29)30-13-31-26(22)36/h6-7,11,13-15,17,20,23-24,27,37-38H,5,8-10,12H2,1-4H3,(H,33,34)(H2,29,30,31)/t15?,17?,20-,23+,24+,27-/m1/s1. The van der Waals surface area contributed by atoms with Gasteiger partial charge in [-0.3, -0.25) is 4.57 Å². The zero-order valence-electron chi connectivity index (χ0n) is 22.9. The molecule has 1 saturated heterocycles. The van der Waals surface area contributed by atoms with E-state index in [0.29, 0.717) is 29.7 Å². The van der Waals surface area contributed by atoms with Gasteiger partial charge in [0.15, 0.2) is 17.7 Å². The summed E-state index contributed by atoms with van der Waals surface area (Å²) in [5, 5.41) is 21.5. The Morgan fingerprint density at radius 3 is 2.72 bits per heavy atom. The van der Waals surface area contributed by atoms with Crippen molar-refractivity contribution in [3.8, 4) is 0 Å². The average molecular weight is 535 g/mol. The number of likely N-dealkylation sites (N-methyl/N-ethyl adjacent to an activating group) is 1. The highest BCUT2D eigenvalue weighted by molar-refractivity contribution is 5.81. The van der Waals surface area contributed by atoms with Gasteiger partial charge in [0.1, 0.15) is 36.0 Å². The van der Waals surface area contributed by atoms with Crippen LogP contribution in [0.3, 0.4) is 0 Å². The van der Waals surface area contributed by atoms with E-state index < -0.39 is 24.5 Å². The van der Waals surface area contributed by atoms with E-state index >= 15 is 0 Å². The van der Waals surface area contributed by atoms with Gasteiger partial charge in [0.05, 0.1) is 17.4 Å². The van der Waals surface area contributed by atoms with Crippen molar-refractivity contribution in [2.45, 2.75) is 82.5 Å². The first-order chi connectivity index (χ1) is 18.6. The van der Waals surface area contributed by atoms with Gasteiger partial charge in [-0.25, -0.2) is 19.9 Å². The smallest absolute Gasteiger partial charge is 0.167 e. The maximum Gasteiger partial charge on any atom is 0.167 e. The number of aryl methyl sites for hydroxylation is 1. The molecule has 0 radical (unpaired) electrons. The van der Waals surface area contributed by atoms with E-state index in [0.717, 1.165) is 42.5 Å². The number of H-pyrrole nitrogens is 1. The van der Waals surface area contributed by atoms with E-state index in [1.165, 1.54) is 18.2 Å². The predicted molar refractivity (Wildman–Crippen MR) is 148 cm³/mol. The van der Waals surface area contributed by atoms with Gasteiger partial charge in [0.25, 0.3) is 0 Å². The molecule has 2 fully saturated rings. The molecule has 1 saturated carbocycles. The predicted octanol–water partition coefficient (Wildman–Crippen LogP) is 2.54. The number of aromatic nitrogens is 6. The Morgan fingerprint density at radius 2 is 1.95 bits per heavy atom. The summed E-state index contributed by atoms with van der Waals surface area (Å²) in [5.41, 5.74) is 10.4. The number of hydrogen-bond acceptors (Lipinski definition) is 9. The van der Waals surface area contributed by atoms with E-state index in [-0.39, 0.29) is 11.2 Å². The number of fused-ring (bicyclic) bond motifs is 2. The number of ether oxygens (including phenoxy) is 1. The summed E-state index contributed by atoms with van der Waals surface area (Å²) in [5.74, 6) is 1.96. The molecular weight excluding hydrogens is 496 g/mol. The molecule has 4 atom stereocenters. The number of nitrogen functional groups attached to an aromatic ring is 1. The highest BCUT2D eigenvalue weighted by Crippen LogP contribution is 2.37. The third-order valence-electron chi connectivity index (χ3n) is 8.49. The molecule has 208 valence electrons. The van der Waals surface area contributed by atoms with E-state index in [4.69, 9.17) is 15.5 Å². The van der Waals surface area contributed by atoms with Crippen LogP contribution in [0.2, 0.25) is 0 Å². The molecule has 5 N–H and O–H groups in total. The Morgan fingerprint density at radius 1 is 1.15 bits per heavy atom. The zero-order chi connectivity index (χ0) is 27.5. The first-order valence-electron chi connectivity index (χ1n) is 13.7. The molecule has 11 heteroatoms. The molecule has 11 nitrogen and oxygen atoms in total. The molecule has 39 heavy (non-hydrogen) atoms. The largest absolute Gasteiger partial charge is 0.387 e. The summed E-state index contributed by atoms with van der Waals surface area (Å²) in [7, 11) is 2.06. The number of rotatable bonds is 7. The van der Waals surface area contributed by atoms with Gasteiger partial charge in [0.2, 0.25) is 0 Å². The number of benzene rings is 1. The molecule has 0 spiro atoms. The lowest BCUT2D eigenvalue weighted by Gasteiger charge is -2.42. The molecule has 1 aromatic carbocycles. The Bertz CT molecular complexity index is 1470. The van der Waals surface area contributed by atoms with Crippen LogP contribution >= 0.6 is 0 Å². The van der Waals surface area contributed by atoms with Crippen LogP contribution in [0, 0.1) is 5.92 Å². The number of aliphatic hydroxyl groups excluding tert-OH is 2. The second-order valence-electron chi connectivity index (χ2n) is 12.3. The van der Waals surface area contributed by atoms with Gasteiger partial charge in [-0.05, 0) is 55.3 Å². The fraction of sp³-hybridized carbons (Fsp3) is 0.571. The van der Waals surface area contributed by atoms with Gasteiger partial charge < -0.3 is 30.6 Å². The lowest BCUT2D eigenvalue weighted by Crippen LogP contribution is -2.47. The average Bonchev–Trinajstić information content (AvgIpc) is 3.54. The molecule has 3 aromatic heterocycles. The maximum absolute atomic E-state index is 10.8. The molecule has 1 aliphatic carbocycles. The quantitative estimate of drug-likeness (QED) is 0.280. The lowest BCUT2D eigenvalue weighted by molar-refractivity contribution is -0.0514. The van der Waals surface area contributed by atoms with Crippen molar-refractivity contribution in [1.82, 2.24) is 34.4 Å². The second-order valence-corrected chi connectivity index (χ2v) is 12.3. The van der Waals surface area contributed by atoms with Crippen molar-refractivity contribution < 1.29 is 14.9 Å². The highest BCUT2D eigenvalue weighted by atomic mass is 16.6. The Kier molecular flexibility index (Phi) is 6.57. The van der Waals surface area contributed by atoms with Crippen LogP contribution < -0.4 is 5.73 Å². The second kappa shape index (κ2) is 9.81. The minimum Gasteiger partial charge on any atom is -0.387 e. The van der Waals surface area contributed by atoms with Crippen LogP contribution in [0.15, 0.2) is 30.9 Å². The molecule has 6 rings (SSSR count). The van der Waals surface area contributed by atoms with E-state index in [1.807, 2.05) is 0 Å². The van der Waals surface area contributed by atoms with Crippen LogP contribution in [0.4, 0.5) is 5.82 Å². The molecule has 1 aliphatic heterocycles. The van der Waals surface area contributed by atoms with E-state index in [1.54, 1.807) is 4.57 Å². The lowest BCUT2D eigenvalue weighted by atomic mass is 9.76. The fourth-order valence-electron chi connectivity index (χ4n) is 5.88. The summed E-state index contributed by atoms with van der Waals surface area (Å²) in [6, 6.07) is 6.94. The summed E-state index contributed by atoms with van der Waals surface area (Å²) in [4.78, 5) is 23.0. The molecule has 0 unspecified atom stereocenters. The third kappa shape index (κ3) is 4.88. The van der Waals surface area contributed by atoms with Crippen molar-refractivity contribution in [3.63, 3.8) is 0 Å². The molecule has 4 heterocycles. The normalized spacial score (nSPS) is 27.6. The van der Waals surface area contributed by atoms with Gasteiger partial charge in [0, 0.05) is 19.0 Å². The fourth-order valence-corrected chi connectivity index (χ4v) is 5.88. The third-order valence-corrected chi connectivity index (χ3v) is 8.49. The van der Waals surface area contributed by atoms with Gasteiger partial charge in [-0.1, -0.05) is 26.8 Å². The van der Waals surface area contributed by atoms with Crippen molar-refractivity contribution in [3.05, 3.63) is 42.2 Å². The first kappa shape index (κ1) is 26.1. The number of nitrogens with zero attached hydrogens (tertiary/aromatic N) is 6. The van der Waals surface area contributed by atoms with Gasteiger partial charge in [-0.15, -0.1) is 0 Å². The van der Waals surface area contributed by atoms with E-state index in [2.05, 4.69) is 70.9 Å². The Hall–Kier alpha value is -3.12. The maximum atomic E-state index is 10.8. The monoisotopic (exact) mass is 534 g/mol. The van der Waals surface area contributed by atoms with Crippen molar-refractivity contribution in [2.24, 2.45) is 5.92 Å². The van der Waals surface area contributed by atoms with Crippen LogP contribution in [0.1, 0.15) is 57.6 Å². The van der Waals surface area contributed by atoms with E-state index in [9.17, 15) is 10.2 Å². The van der Waals surface area contributed by atoms with Crippen LogP contribution in [-0.4, -0.2) is 82.5 Å².